The van der Waals surface area contributed by atoms with Gasteiger partial charge in [0.1, 0.15) is 0 Å². The zero-order valence-electron chi connectivity index (χ0n) is 15.8. The minimum Gasteiger partial charge on any atom is -0.457 e. The molecule has 2 aromatic rings. The van der Waals surface area contributed by atoms with Gasteiger partial charge in [-0.05, 0) is 24.6 Å². The molecule has 0 N–H and O–H groups in total. The van der Waals surface area contributed by atoms with Crippen molar-refractivity contribution in [3.05, 3.63) is 57.3 Å². The Balaban J connectivity index is 1.46. The molecule has 148 valence electrons. The fourth-order valence-corrected chi connectivity index (χ4v) is 3.76. The number of carbonyl (C=O) groups is 3. The SMILES string of the molecule is Cc1ccc(CC(=O)OCC(=O)c2ccc(CC(=O)N3CCOCC3)s2)cc1. The Morgan fingerprint density at radius 1 is 1.04 bits per heavy atom. The topological polar surface area (TPSA) is 72.9 Å². The van der Waals surface area contributed by atoms with Gasteiger partial charge in [0.05, 0.1) is 30.9 Å². The largest absolute Gasteiger partial charge is 0.457 e. The molecule has 1 aromatic carbocycles. The first-order valence-corrected chi connectivity index (χ1v) is 10.0. The number of carbonyl (C=O) groups excluding carboxylic acids is 3. The summed E-state index contributed by atoms with van der Waals surface area (Å²) < 4.78 is 10.4. The fourth-order valence-electron chi connectivity index (χ4n) is 2.84. The molecule has 0 atom stereocenters. The van der Waals surface area contributed by atoms with E-state index in [2.05, 4.69) is 0 Å². The summed E-state index contributed by atoms with van der Waals surface area (Å²) in [5.74, 6) is -0.655. The van der Waals surface area contributed by atoms with E-state index >= 15 is 0 Å². The Kier molecular flexibility index (Phi) is 6.95. The lowest BCUT2D eigenvalue weighted by Crippen LogP contribution is -2.41. The summed E-state index contributed by atoms with van der Waals surface area (Å²) in [6.07, 6.45) is 0.405. The minimum absolute atomic E-state index is 0.0358. The molecule has 0 bridgehead atoms. The molecule has 3 rings (SSSR count). The van der Waals surface area contributed by atoms with Gasteiger partial charge in [-0.15, -0.1) is 11.3 Å². The predicted octanol–water partition coefficient (Wildman–Crippen LogP) is 2.43. The molecule has 0 spiro atoms. The van der Waals surface area contributed by atoms with Gasteiger partial charge in [-0.25, -0.2) is 0 Å². The first kappa shape index (κ1) is 20.2. The number of nitrogens with zero attached hydrogens (tertiary/aromatic N) is 1. The summed E-state index contributed by atoms with van der Waals surface area (Å²) in [5, 5.41) is 0. The number of aryl methyl sites for hydroxylation is 1. The quantitative estimate of drug-likeness (QED) is 0.526. The zero-order chi connectivity index (χ0) is 19.9. The minimum atomic E-state index is -0.434. The summed E-state index contributed by atoms with van der Waals surface area (Å²) in [6, 6.07) is 11.1. The van der Waals surface area contributed by atoms with Crippen LogP contribution in [-0.4, -0.2) is 55.5 Å². The lowest BCUT2D eigenvalue weighted by atomic mass is 10.1. The molecular weight excluding hydrogens is 378 g/mol. The maximum atomic E-state index is 12.3. The van der Waals surface area contributed by atoms with Crippen LogP contribution >= 0.6 is 11.3 Å². The first-order chi connectivity index (χ1) is 13.5. The van der Waals surface area contributed by atoms with Gasteiger partial charge in [0, 0.05) is 18.0 Å². The standard InChI is InChI=1S/C21H23NO5S/c1-15-2-4-16(5-3-15)12-21(25)27-14-18(23)19-7-6-17(28-19)13-20(24)22-8-10-26-11-9-22/h2-7H,8-14H2,1H3. The summed E-state index contributed by atoms with van der Waals surface area (Å²) in [6.45, 7) is 4.02. The molecule has 0 saturated carbocycles. The number of morpholine rings is 1. The third-order valence-electron chi connectivity index (χ3n) is 4.46. The number of hydrogen-bond acceptors (Lipinski definition) is 6. The van der Waals surface area contributed by atoms with E-state index in [1.807, 2.05) is 31.2 Å². The van der Waals surface area contributed by atoms with E-state index in [9.17, 15) is 14.4 Å². The van der Waals surface area contributed by atoms with E-state index in [1.54, 1.807) is 17.0 Å². The van der Waals surface area contributed by atoms with Gasteiger partial charge in [-0.3, -0.25) is 14.4 Å². The monoisotopic (exact) mass is 401 g/mol. The maximum absolute atomic E-state index is 12.3. The fraction of sp³-hybridized carbons (Fsp3) is 0.381. The zero-order valence-corrected chi connectivity index (χ0v) is 16.6. The molecular formula is C21H23NO5S. The number of benzene rings is 1. The molecule has 0 unspecified atom stereocenters. The van der Waals surface area contributed by atoms with Crippen molar-refractivity contribution in [1.29, 1.82) is 0 Å². The van der Waals surface area contributed by atoms with Crippen LogP contribution in [0.2, 0.25) is 0 Å². The van der Waals surface area contributed by atoms with Gasteiger partial charge >= 0.3 is 5.97 Å². The third kappa shape index (κ3) is 5.74. The summed E-state index contributed by atoms with van der Waals surface area (Å²) in [5.41, 5.74) is 1.97. The highest BCUT2D eigenvalue weighted by Crippen LogP contribution is 2.19. The van der Waals surface area contributed by atoms with Crippen molar-refractivity contribution in [3.63, 3.8) is 0 Å². The Bertz CT molecular complexity index is 837. The number of ether oxygens (including phenoxy) is 2. The molecule has 7 heteroatoms. The van der Waals surface area contributed by atoms with Crippen molar-refractivity contribution < 1.29 is 23.9 Å². The maximum Gasteiger partial charge on any atom is 0.310 e. The van der Waals surface area contributed by atoms with Crippen molar-refractivity contribution in [2.75, 3.05) is 32.9 Å². The molecule has 0 radical (unpaired) electrons. The number of hydrogen-bond donors (Lipinski definition) is 0. The van der Waals surface area contributed by atoms with E-state index in [4.69, 9.17) is 9.47 Å². The summed E-state index contributed by atoms with van der Waals surface area (Å²) in [7, 11) is 0. The highest BCUT2D eigenvalue weighted by molar-refractivity contribution is 7.14. The van der Waals surface area contributed by atoms with Gasteiger partial charge < -0.3 is 14.4 Å². The Hall–Kier alpha value is -2.51. The second-order valence-electron chi connectivity index (χ2n) is 6.68. The van der Waals surface area contributed by atoms with Crippen LogP contribution < -0.4 is 0 Å². The number of rotatable bonds is 7. The van der Waals surface area contributed by atoms with Crippen molar-refractivity contribution in [2.24, 2.45) is 0 Å². The Labute approximate surface area is 168 Å². The van der Waals surface area contributed by atoms with E-state index < -0.39 is 5.97 Å². The number of esters is 1. The van der Waals surface area contributed by atoms with Crippen LogP contribution in [0.1, 0.15) is 25.7 Å². The smallest absolute Gasteiger partial charge is 0.310 e. The normalized spacial score (nSPS) is 14.0. The van der Waals surface area contributed by atoms with Crippen LogP contribution in [0.25, 0.3) is 0 Å². The number of thiophene rings is 1. The van der Waals surface area contributed by atoms with Crippen molar-refractivity contribution in [3.8, 4) is 0 Å². The molecule has 6 nitrogen and oxygen atoms in total. The highest BCUT2D eigenvalue weighted by Gasteiger charge is 2.19. The molecule has 1 amide bonds. The van der Waals surface area contributed by atoms with Crippen LogP contribution in [0.4, 0.5) is 0 Å². The number of Topliss-reactive ketones (excluding diaryl/α,β-unsaturated/α-hetero) is 1. The lowest BCUT2D eigenvalue weighted by molar-refractivity contribution is -0.141. The van der Waals surface area contributed by atoms with Crippen LogP contribution in [0.5, 0.6) is 0 Å². The van der Waals surface area contributed by atoms with Crippen LogP contribution in [-0.2, 0) is 31.9 Å². The molecule has 28 heavy (non-hydrogen) atoms. The second-order valence-corrected chi connectivity index (χ2v) is 7.85. The molecule has 0 aliphatic carbocycles. The molecule has 1 saturated heterocycles. The van der Waals surface area contributed by atoms with Crippen molar-refractivity contribution in [2.45, 2.75) is 19.8 Å². The van der Waals surface area contributed by atoms with Crippen molar-refractivity contribution in [1.82, 2.24) is 4.90 Å². The first-order valence-electron chi connectivity index (χ1n) is 9.20. The van der Waals surface area contributed by atoms with Gasteiger partial charge in [0.15, 0.2) is 6.61 Å². The van der Waals surface area contributed by atoms with E-state index in [0.29, 0.717) is 31.2 Å². The summed E-state index contributed by atoms with van der Waals surface area (Å²) in [4.78, 5) is 39.6. The van der Waals surface area contributed by atoms with Crippen LogP contribution in [0.15, 0.2) is 36.4 Å². The average Bonchev–Trinajstić information content (AvgIpc) is 3.17. The highest BCUT2D eigenvalue weighted by atomic mass is 32.1. The van der Waals surface area contributed by atoms with E-state index in [0.717, 1.165) is 16.0 Å². The summed E-state index contributed by atoms with van der Waals surface area (Å²) >= 11 is 1.27. The predicted molar refractivity (Wildman–Crippen MR) is 106 cm³/mol. The van der Waals surface area contributed by atoms with Gasteiger partial charge in [0.25, 0.3) is 0 Å². The van der Waals surface area contributed by atoms with Gasteiger partial charge in [-0.1, -0.05) is 29.8 Å². The van der Waals surface area contributed by atoms with E-state index in [1.165, 1.54) is 11.3 Å². The van der Waals surface area contributed by atoms with Gasteiger partial charge in [0.2, 0.25) is 11.7 Å². The van der Waals surface area contributed by atoms with Crippen LogP contribution in [0, 0.1) is 6.92 Å². The molecule has 1 aliphatic rings. The third-order valence-corrected chi connectivity index (χ3v) is 5.59. The second kappa shape index (κ2) is 9.61. The Morgan fingerprint density at radius 3 is 2.46 bits per heavy atom. The van der Waals surface area contributed by atoms with Crippen LogP contribution in [0.3, 0.4) is 0 Å². The van der Waals surface area contributed by atoms with E-state index in [-0.39, 0.29) is 31.1 Å². The van der Waals surface area contributed by atoms with Gasteiger partial charge in [-0.2, -0.15) is 0 Å². The Morgan fingerprint density at radius 2 is 1.75 bits per heavy atom. The molecule has 1 aliphatic heterocycles. The number of ketones is 1. The molecule has 2 heterocycles. The lowest BCUT2D eigenvalue weighted by Gasteiger charge is -2.26. The average molecular weight is 401 g/mol. The van der Waals surface area contributed by atoms with Crippen molar-refractivity contribution >= 4 is 29.0 Å². The number of amides is 1. The molecule has 1 aromatic heterocycles. The molecule has 1 fully saturated rings.